The number of anilines is 1. The zero-order chi connectivity index (χ0) is 25.7. The Balaban J connectivity index is 1.45. The summed E-state index contributed by atoms with van der Waals surface area (Å²) in [6, 6.07) is 20.6. The number of ether oxygens (including phenoxy) is 1. The summed E-state index contributed by atoms with van der Waals surface area (Å²) in [5.41, 5.74) is 2.01. The SMILES string of the molecule is O=C1C2Sc3[nH]c(=O)sc3C(c3cc(Br)ccc3OCc3ccccc3)C2C(=O)N1c1ccc(F)cc1. The van der Waals surface area contributed by atoms with E-state index < -0.39 is 28.8 Å². The van der Waals surface area contributed by atoms with Gasteiger partial charge in [0.1, 0.15) is 23.4 Å². The van der Waals surface area contributed by atoms with Crippen molar-refractivity contribution in [2.75, 3.05) is 4.90 Å². The predicted molar refractivity (Wildman–Crippen MR) is 144 cm³/mol. The van der Waals surface area contributed by atoms with Gasteiger partial charge in [0.05, 0.1) is 16.6 Å². The van der Waals surface area contributed by atoms with Crippen LogP contribution in [0.4, 0.5) is 10.1 Å². The van der Waals surface area contributed by atoms with E-state index in [1.807, 2.05) is 48.5 Å². The van der Waals surface area contributed by atoms with Crippen LogP contribution in [0, 0.1) is 11.7 Å². The van der Waals surface area contributed by atoms with Crippen LogP contribution in [0.5, 0.6) is 5.75 Å². The number of aromatic amines is 1. The van der Waals surface area contributed by atoms with Gasteiger partial charge in [-0.1, -0.05) is 69.4 Å². The summed E-state index contributed by atoms with van der Waals surface area (Å²) < 4.78 is 20.6. The van der Waals surface area contributed by atoms with Crippen LogP contribution in [0.25, 0.3) is 0 Å². The molecule has 6 nitrogen and oxygen atoms in total. The van der Waals surface area contributed by atoms with E-state index in [0.717, 1.165) is 26.3 Å². The first-order valence-corrected chi connectivity index (χ1v) is 13.9. The summed E-state index contributed by atoms with van der Waals surface area (Å²) in [6.45, 7) is 0.315. The van der Waals surface area contributed by atoms with Gasteiger partial charge in [-0.15, -0.1) is 0 Å². The zero-order valence-electron chi connectivity index (χ0n) is 19.0. The highest BCUT2D eigenvalue weighted by atomic mass is 79.9. The molecule has 0 bridgehead atoms. The van der Waals surface area contributed by atoms with E-state index in [0.29, 0.717) is 33.5 Å². The molecule has 0 spiro atoms. The third-order valence-electron chi connectivity index (χ3n) is 6.45. The minimum atomic E-state index is -0.769. The molecule has 3 atom stereocenters. The molecule has 186 valence electrons. The second-order valence-corrected chi connectivity index (χ2v) is 11.8. The molecule has 1 saturated heterocycles. The summed E-state index contributed by atoms with van der Waals surface area (Å²) in [5, 5.41) is -0.168. The molecule has 2 aliphatic heterocycles. The highest BCUT2D eigenvalue weighted by Crippen LogP contribution is 2.54. The lowest BCUT2D eigenvalue weighted by Crippen LogP contribution is -2.32. The Bertz CT molecular complexity index is 1570. The average molecular weight is 597 g/mol. The number of hydrogen-bond donors (Lipinski definition) is 1. The van der Waals surface area contributed by atoms with Crippen molar-refractivity contribution in [2.45, 2.75) is 22.8 Å². The number of thiazole rings is 1. The quantitative estimate of drug-likeness (QED) is 0.298. The number of carbonyl (C=O) groups is 2. The fourth-order valence-corrected chi connectivity index (χ4v) is 7.71. The smallest absolute Gasteiger partial charge is 0.305 e. The van der Waals surface area contributed by atoms with Crippen molar-refractivity contribution < 1.29 is 18.7 Å². The van der Waals surface area contributed by atoms with E-state index in [2.05, 4.69) is 20.9 Å². The van der Waals surface area contributed by atoms with Gasteiger partial charge in [-0.05, 0) is 48.0 Å². The highest BCUT2D eigenvalue weighted by Gasteiger charge is 2.56. The Morgan fingerprint density at radius 2 is 1.73 bits per heavy atom. The number of aromatic nitrogens is 1. The van der Waals surface area contributed by atoms with Gasteiger partial charge in [0.25, 0.3) is 0 Å². The fraction of sp³-hybridized carbons (Fsp3) is 0.148. The van der Waals surface area contributed by atoms with Gasteiger partial charge in [-0.3, -0.25) is 14.4 Å². The maximum Gasteiger partial charge on any atom is 0.305 e. The fourth-order valence-electron chi connectivity index (χ4n) is 4.83. The number of amides is 2. The Kier molecular flexibility index (Phi) is 6.26. The van der Waals surface area contributed by atoms with E-state index in [1.165, 1.54) is 36.0 Å². The van der Waals surface area contributed by atoms with Crippen molar-refractivity contribution in [1.29, 1.82) is 0 Å². The van der Waals surface area contributed by atoms with Gasteiger partial charge >= 0.3 is 4.87 Å². The third-order valence-corrected chi connectivity index (χ3v) is 9.35. The monoisotopic (exact) mass is 596 g/mol. The molecule has 37 heavy (non-hydrogen) atoms. The molecule has 1 aromatic heterocycles. The van der Waals surface area contributed by atoms with Gasteiger partial charge in [0.15, 0.2) is 0 Å². The van der Waals surface area contributed by atoms with Crippen LogP contribution < -0.4 is 14.5 Å². The number of imide groups is 1. The molecule has 3 aromatic carbocycles. The summed E-state index contributed by atoms with van der Waals surface area (Å²) in [4.78, 5) is 44.2. The molecule has 10 heteroatoms. The number of halogens is 2. The average Bonchev–Trinajstić information content (AvgIpc) is 3.39. The second kappa shape index (κ2) is 9.59. The van der Waals surface area contributed by atoms with Crippen LogP contribution in [0.1, 0.15) is 21.9 Å². The summed E-state index contributed by atoms with van der Waals surface area (Å²) in [7, 11) is 0. The number of fused-ring (bicyclic) bond motifs is 2. The van der Waals surface area contributed by atoms with Crippen molar-refractivity contribution >= 4 is 56.5 Å². The molecule has 3 heterocycles. The van der Waals surface area contributed by atoms with E-state index in [-0.39, 0.29) is 10.8 Å². The third kappa shape index (κ3) is 4.32. The molecule has 1 N–H and O–H groups in total. The van der Waals surface area contributed by atoms with Crippen LogP contribution in [-0.4, -0.2) is 22.0 Å². The van der Waals surface area contributed by atoms with E-state index >= 15 is 0 Å². The second-order valence-electron chi connectivity index (χ2n) is 8.69. The Morgan fingerprint density at radius 1 is 0.973 bits per heavy atom. The standard InChI is InChI=1S/C27H18BrFN2O4S2/c28-15-6-11-19(35-13-14-4-2-1-3-5-14)18(12-15)20-21-23(36-24-22(20)37-27(34)30-24)26(33)31(25(21)32)17-9-7-16(29)8-10-17/h1-12,20-21,23H,13H2,(H,30,34). The normalized spacial score (nSPS) is 20.6. The minimum absolute atomic E-state index is 0.250. The lowest BCUT2D eigenvalue weighted by atomic mass is 9.82. The van der Waals surface area contributed by atoms with Crippen molar-refractivity contribution in [2.24, 2.45) is 5.92 Å². The highest BCUT2D eigenvalue weighted by molar-refractivity contribution is 9.10. The first kappa shape index (κ1) is 24.1. The first-order valence-electron chi connectivity index (χ1n) is 11.4. The van der Waals surface area contributed by atoms with Crippen molar-refractivity contribution in [3.05, 3.63) is 109 Å². The van der Waals surface area contributed by atoms with Crippen molar-refractivity contribution in [1.82, 2.24) is 4.98 Å². The van der Waals surface area contributed by atoms with Crippen LogP contribution in [0.2, 0.25) is 0 Å². The molecule has 0 aliphatic carbocycles. The molecular weight excluding hydrogens is 579 g/mol. The molecule has 4 aromatic rings. The number of benzene rings is 3. The van der Waals surface area contributed by atoms with Gasteiger partial charge in [-0.2, -0.15) is 0 Å². The summed E-state index contributed by atoms with van der Waals surface area (Å²) in [6.07, 6.45) is 0. The lowest BCUT2D eigenvalue weighted by molar-refractivity contribution is -0.122. The van der Waals surface area contributed by atoms with Crippen LogP contribution in [0.15, 0.2) is 87.1 Å². The van der Waals surface area contributed by atoms with Crippen molar-refractivity contribution in [3.63, 3.8) is 0 Å². The molecule has 6 rings (SSSR count). The molecule has 0 radical (unpaired) electrons. The van der Waals surface area contributed by atoms with Gasteiger partial charge < -0.3 is 9.72 Å². The first-order chi connectivity index (χ1) is 17.9. The Hall–Kier alpha value is -3.21. The maximum atomic E-state index is 13.9. The Labute approximate surface area is 227 Å². The number of hydrogen-bond acceptors (Lipinski definition) is 6. The van der Waals surface area contributed by atoms with Crippen LogP contribution >= 0.6 is 39.0 Å². The zero-order valence-corrected chi connectivity index (χ0v) is 22.2. The number of nitrogens with zero attached hydrogens (tertiary/aromatic N) is 1. The maximum absolute atomic E-state index is 13.9. The number of rotatable bonds is 5. The number of carbonyl (C=O) groups excluding carboxylic acids is 2. The largest absolute Gasteiger partial charge is 0.489 e. The summed E-state index contributed by atoms with van der Waals surface area (Å²) in [5.74, 6) is -2.03. The van der Waals surface area contributed by atoms with Gasteiger partial charge in [0, 0.05) is 20.8 Å². The van der Waals surface area contributed by atoms with Crippen LogP contribution in [-0.2, 0) is 16.2 Å². The topological polar surface area (TPSA) is 79.5 Å². The lowest BCUT2D eigenvalue weighted by Gasteiger charge is -2.31. The number of nitrogens with one attached hydrogen (secondary N) is 1. The number of thioether (sulfide) groups is 1. The van der Waals surface area contributed by atoms with E-state index in [9.17, 15) is 18.8 Å². The van der Waals surface area contributed by atoms with E-state index in [1.54, 1.807) is 0 Å². The van der Waals surface area contributed by atoms with Crippen LogP contribution in [0.3, 0.4) is 0 Å². The summed E-state index contributed by atoms with van der Waals surface area (Å²) >= 11 is 5.77. The molecule has 3 unspecified atom stereocenters. The predicted octanol–water partition coefficient (Wildman–Crippen LogP) is 5.71. The van der Waals surface area contributed by atoms with Crippen molar-refractivity contribution in [3.8, 4) is 5.75 Å². The molecule has 2 aliphatic rings. The number of H-pyrrole nitrogens is 1. The van der Waals surface area contributed by atoms with E-state index in [4.69, 9.17) is 4.74 Å². The van der Waals surface area contributed by atoms with Gasteiger partial charge in [0.2, 0.25) is 11.8 Å². The molecule has 0 saturated carbocycles. The molecule has 1 fully saturated rings. The molecule has 2 amide bonds. The minimum Gasteiger partial charge on any atom is -0.489 e. The molecular formula is C27H18BrFN2O4S2. The van der Waals surface area contributed by atoms with Gasteiger partial charge in [-0.25, -0.2) is 9.29 Å². The Morgan fingerprint density at radius 3 is 2.49 bits per heavy atom.